The number of imidazole rings is 2. The molecule has 0 saturated carbocycles. The summed E-state index contributed by atoms with van der Waals surface area (Å²) in [6, 6.07) is 8.71. The highest BCUT2D eigenvalue weighted by atomic mass is 15.3. The van der Waals surface area contributed by atoms with Crippen molar-refractivity contribution in [2.75, 3.05) is 14.1 Å². The van der Waals surface area contributed by atoms with E-state index in [4.69, 9.17) is 0 Å². The van der Waals surface area contributed by atoms with Gasteiger partial charge in [-0.1, -0.05) is 0 Å². The van der Waals surface area contributed by atoms with E-state index in [9.17, 15) is 0 Å². The molecule has 0 aromatic carbocycles. The first-order valence-electron chi connectivity index (χ1n) is 9.43. The van der Waals surface area contributed by atoms with Crippen molar-refractivity contribution in [1.82, 2.24) is 28.4 Å². The van der Waals surface area contributed by atoms with Crippen LogP contribution < -0.4 is 11.2 Å². The van der Waals surface area contributed by atoms with Gasteiger partial charge in [0.1, 0.15) is 0 Å². The molecule has 0 N–H and O–H groups in total. The van der Waals surface area contributed by atoms with E-state index < -0.39 is 0 Å². The van der Waals surface area contributed by atoms with Crippen LogP contribution in [0.25, 0.3) is 11.0 Å². The number of rotatable bonds is 2. The van der Waals surface area contributed by atoms with Gasteiger partial charge < -0.3 is 9.13 Å². The normalized spacial score (nSPS) is 13.0. The van der Waals surface area contributed by atoms with Gasteiger partial charge in [0.25, 0.3) is 0 Å². The Labute approximate surface area is 164 Å². The van der Waals surface area contributed by atoms with E-state index in [1.807, 2.05) is 33.3 Å². The van der Waals surface area contributed by atoms with Crippen LogP contribution in [0.2, 0.25) is 0 Å². The van der Waals surface area contributed by atoms with E-state index >= 15 is 0 Å². The molecule has 0 unspecified atom stereocenters. The molecule has 4 aromatic heterocycles. The third-order valence-corrected chi connectivity index (χ3v) is 4.46. The van der Waals surface area contributed by atoms with E-state index in [0.29, 0.717) is 12.1 Å². The van der Waals surface area contributed by atoms with E-state index in [1.54, 1.807) is 26.5 Å². The summed E-state index contributed by atoms with van der Waals surface area (Å²) < 4.78 is 7.92. The van der Waals surface area contributed by atoms with E-state index in [0.717, 1.165) is 22.3 Å². The van der Waals surface area contributed by atoms with Gasteiger partial charge in [-0.25, -0.2) is 0 Å². The molecule has 8 nitrogen and oxygen atoms in total. The van der Waals surface area contributed by atoms with Crippen LogP contribution in [-0.2, 0) is 0 Å². The highest BCUT2D eigenvalue weighted by Crippen LogP contribution is 2.05. The van der Waals surface area contributed by atoms with Gasteiger partial charge in [-0.2, -0.15) is 19.2 Å². The molecule has 0 aliphatic heterocycles. The molecule has 0 amide bonds. The molecule has 148 valence electrons. The molecular formula is C20H28N8. The highest BCUT2D eigenvalue weighted by molar-refractivity contribution is 5.43. The summed E-state index contributed by atoms with van der Waals surface area (Å²) in [5, 5.41) is 8.51. The van der Waals surface area contributed by atoms with Gasteiger partial charge in [-0.15, -0.1) is 0 Å². The van der Waals surface area contributed by atoms with Crippen molar-refractivity contribution in [2.24, 2.45) is 9.98 Å². The highest BCUT2D eigenvalue weighted by Gasteiger charge is 2.06. The fraction of sp³-hybridized carbons (Fsp3) is 0.400. The predicted octanol–water partition coefficient (Wildman–Crippen LogP) is 2.49. The van der Waals surface area contributed by atoms with Gasteiger partial charge >= 0.3 is 0 Å². The Balaban J connectivity index is 0.000000161. The van der Waals surface area contributed by atoms with Gasteiger partial charge in [0.2, 0.25) is 11.2 Å². The monoisotopic (exact) mass is 380 g/mol. The van der Waals surface area contributed by atoms with Crippen LogP contribution in [0.1, 0.15) is 39.8 Å². The number of hydrogen-bond acceptors (Lipinski definition) is 4. The molecule has 0 saturated heterocycles. The molecule has 4 heterocycles. The zero-order valence-electron chi connectivity index (χ0n) is 17.4. The van der Waals surface area contributed by atoms with Crippen LogP contribution in [0, 0.1) is 0 Å². The zero-order valence-corrected chi connectivity index (χ0v) is 17.4. The summed E-state index contributed by atoms with van der Waals surface area (Å²) in [7, 11) is 3.57. The fourth-order valence-electron chi connectivity index (χ4n) is 3.10. The average Bonchev–Trinajstić information content (AvgIpc) is 3.26. The lowest BCUT2D eigenvalue weighted by Crippen LogP contribution is -2.24. The average molecular weight is 381 g/mol. The lowest BCUT2D eigenvalue weighted by molar-refractivity contribution is 0.558. The van der Waals surface area contributed by atoms with E-state index in [2.05, 4.69) is 69.4 Å². The van der Waals surface area contributed by atoms with Crippen LogP contribution in [0.4, 0.5) is 0 Å². The van der Waals surface area contributed by atoms with Crippen molar-refractivity contribution in [3.8, 4) is 0 Å². The fourth-order valence-corrected chi connectivity index (χ4v) is 3.10. The maximum atomic E-state index is 4.26. The maximum Gasteiger partial charge on any atom is 0.226 e. The topological polar surface area (TPSA) is 69.2 Å². The Morgan fingerprint density at radius 2 is 1.11 bits per heavy atom. The Hall–Kier alpha value is -3.16. The molecule has 0 atom stereocenters. The maximum absolute atomic E-state index is 4.26. The van der Waals surface area contributed by atoms with Crippen LogP contribution in [-0.4, -0.2) is 42.5 Å². The number of fused-ring (bicyclic) bond motifs is 2. The molecule has 28 heavy (non-hydrogen) atoms. The van der Waals surface area contributed by atoms with Crippen LogP contribution in [0.15, 0.2) is 59.0 Å². The van der Waals surface area contributed by atoms with Crippen molar-refractivity contribution in [2.45, 2.75) is 39.8 Å². The van der Waals surface area contributed by atoms with Crippen molar-refractivity contribution in [3.63, 3.8) is 0 Å². The van der Waals surface area contributed by atoms with Crippen molar-refractivity contribution >= 4 is 11.0 Å². The third-order valence-electron chi connectivity index (χ3n) is 4.46. The van der Waals surface area contributed by atoms with Crippen LogP contribution in [0.3, 0.4) is 0 Å². The first kappa shape index (κ1) is 19.6. The molecule has 4 aromatic rings. The number of hydrogen-bond donors (Lipinski definition) is 0. The Morgan fingerprint density at radius 3 is 1.43 bits per heavy atom. The second kappa shape index (κ2) is 8.24. The number of aromatic nitrogens is 6. The number of nitrogens with zero attached hydrogens (tertiary/aromatic N) is 8. The van der Waals surface area contributed by atoms with Crippen molar-refractivity contribution in [1.29, 1.82) is 0 Å². The smallest absolute Gasteiger partial charge is 0.226 e. The SMILES string of the molecule is CN=c1n(C(C)C)cc2cccnn12.CN=c1n(C(C)C)cc2cccnn12. The zero-order chi connectivity index (χ0) is 20.3. The standard InChI is InChI=1S/2C10H14N4/c2*1-8(2)13-7-9-5-4-6-12-14(9)10(13)11-3/h2*4-8H,1-3H3. The Kier molecular flexibility index (Phi) is 5.77. The van der Waals surface area contributed by atoms with Crippen LogP contribution >= 0.6 is 0 Å². The van der Waals surface area contributed by atoms with Gasteiger partial charge in [-0.05, 0) is 52.0 Å². The van der Waals surface area contributed by atoms with Crippen LogP contribution in [0.5, 0.6) is 0 Å². The molecular weight excluding hydrogens is 352 g/mol. The first-order chi connectivity index (χ1) is 13.5. The molecule has 0 fully saturated rings. The van der Waals surface area contributed by atoms with E-state index in [1.165, 1.54) is 0 Å². The lowest BCUT2D eigenvalue weighted by Gasteiger charge is -2.04. The summed E-state index contributed by atoms with van der Waals surface area (Å²) in [6.45, 7) is 8.53. The molecule has 0 radical (unpaired) electrons. The Bertz CT molecular complexity index is 1100. The van der Waals surface area contributed by atoms with E-state index in [-0.39, 0.29) is 0 Å². The second-order valence-corrected chi connectivity index (χ2v) is 7.03. The minimum absolute atomic E-state index is 0.399. The van der Waals surface area contributed by atoms with Gasteiger partial charge in [0.05, 0.1) is 11.0 Å². The lowest BCUT2D eigenvalue weighted by atomic mass is 10.4. The second-order valence-electron chi connectivity index (χ2n) is 7.03. The minimum atomic E-state index is 0.399. The summed E-state index contributed by atoms with van der Waals surface area (Å²) >= 11 is 0. The summed E-state index contributed by atoms with van der Waals surface area (Å²) in [4.78, 5) is 8.49. The van der Waals surface area contributed by atoms with Crippen molar-refractivity contribution in [3.05, 3.63) is 60.3 Å². The van der Waals surface area contributed by atoms with Gasteiger partial charge in [-0.3, -0.25) is 9.98 Å². The summed E-state index contributed by atoms with van der Waals surface area (Å²) in [5.41, 5.74) is 3.91. The first-order valence-corrected chi connectivity index (χ1v) is 9.43. The quantitative estimate of drug-likeness (QED) is 0.536. The predicted molar refractivity (Wildman–Crippen MR) is 110 cm³/mol. The molecule has 0 spiro atoms. The molecule has 0 bridgehead atoms. The third kappa shape index (κ3) is 3.62. The molecule has 8 heteroatoms. The minimum Gasteiger partial charge on any atom is -0.313 e. The summed E-state index contributed by atoms with van der Waals surface area (Å²) in [6.07, 6.45) is 7.68. The summed E-state index contributed by atoms with van der Waals surface area (Å²) in [5.74, 6) is 0. The molecule has 0 aliphatic carbocycles. The molecule has 4 rings (SSSR count). The van der Waals surface area contributed by atoms with Crippen molar-refractivity contribution < 1.29 is 0 Å². The largest absolute Gasteiger partial charge is 0.313 e. The molecule has 0 aliphatic rings. The Morgan fingerprint density at radius 1 is 0.714 bits per heavy atom. The van der Waals surface area contributed by atoms with Gasteiger partial charge in [0, 0.05) is 51.0 Å². The van der Waals surface area contributed by atoms with Gasteiger partial charge in [0.15, 0.2) is 0 Å².